The molecule has 0 aromatic heterocycles. The highest BCUT2D eigenvalue weighted by molar-refractivity contribution is 7.47. The first-order valence-corrected chi connectivity index (χ1v) is 42.2. The molecule has 0 amide bonds. The van der Waals surface area contributed by atoms with E-state index in [1.165, 1.54) is 193 Å². The Hall–Kier alpha value is -1.94. The molecule has 0 aliphatic heterocycles. The van der Waals surface area contributed by atoms with Gasteiger partial charge in [-0.3, -0.25) is 37.3 Å². The quantitative estimate of drug-likeness (QED) is 0.0222. The third-order valence-electron chi connectivity index (χ3n) is 17.9. The van der Waals surface area contributed by atoms with Crippen molar-refractivity contribution in [3.8, 4) is 0 Å². The molecule has 0 bridgehead atoms. The van der Waals surface area contributed by atoms with Crippen molar-refractivity contribution >= 4 is 39.5 Å². The normalized spacial score (nSPS) is 14.3. The van der Waals surface area contributed by atoms with Crippen LogP contribution in [0.5, 0.6) is 0 Å². The van der Waals surface area contributed by atoms with E-state index in [4.69, 9.17) is 37.0 Å². The second-order valence-corrected chi connectivity index (χ2v) is 30.2. The average Bonchev–Trinajstić information content (AvgIpc) is 2.32. The molecule has 19 heteroatoms. The highest BCUT2D eigenvalue weighted by Gasteiger charge is 2.30. The van der Waals surface area contributed by atoms with Gasteiger partial charge in [0.15, 0.2) is 12.2 Å². The van der Waals surface area contributed by atoms with Gasteiger partial charge in [0.2, 0.25) is 0 Å². The second-order valence-electron chi connectivity index (χ2n) is 27.3. The molecular formula is C75H146O17P2. The van der Waals surface area contributed by atoms with Crippen LogP contribution in [0.15, 0.2) is 0 Å². The molecule has 6 atom stereocenters. The van der Waals surface area contributed by atoms with E-state index in [0.29, 0.717) is 25.7 Å². The van der Waals surface area contributed by atoms with Gasteiger partial charge in [-0.15, -0.1) is 0 Å². The highest BCUT2D eigenvalue weighted by Crippen LogP contribution is 2.45. The van der Waals surface area contributed by atoms with E-state index in [1.807, 2.05) is 0 Å². The summed E-state index contributed by atoms with van der Waals surface area (Å²) in [6, 6.07) is 0. The Balaban J connectivity index is 5.10. The lowest BCUT2D eigenvalue weighted by atomic mass is 9.99. The lowest BCUT2D eigenvalue weighted by molar-refractivity contribution is -0.161. The van der Waals surface area contributed by atoms with Crippen LogP contribution in [0.4, 0.5) is 0 Å². The molecule has 0 rings (SSSR count). The predicted molar refractivity (Wildman–Crippen MR) is 382 cm³/mol. The number of ether oxygens (including phenoxy) is 4. The van der Waals surface area contributed by atoms with E-state index in [9.17, 15) is 43.2 Å². The molecule has 0 saturated carbocycles. The Morgan fingerprint density at radius 3 is 0.755 bits per heavy atom. The molecule has 0 saturated heterocycles. The van der Waals surface area contributed by atoms with Crippen molar-refractivity contribution < 1.29 is 80.2 Å². The maximum absolute atomic E-state index is 13.1. The topological polar surface area (TPSA) is 237 Å². The Bertz CT molecular complexity index is 1810. The maximum atomic E-state index is 13.1. The van der Waals surface area contributed by atoms with Crippen LogP contribution in [-0.4, -0.2) is 96.7 Å². The molecule has 0 heterocycles. The summed E-state index contributed by atoms with van der Waals surface area (Å²) in [4.78, 5) is 72.4. The van der Waals surface area contributed by atoms with Crippen LogP contribution < -0.4 is 0 Å². The van der Waals surface area contributed by atoms with Gasteiger partial charge in [-0.25, -0.2) is 9.13 Å². The highest BCUT2D eigenvalue weighted by atomic mass is 31.2. The summed E-state index contributed by atoms with van der Waals surface area (Å²) < 4.78 is 68.2. The van der Waals surface area contributed by atoms with Gasteiger partial charge >= 0.3 is 39.5 Å². The zero-order chi connectivity index (χ0) is 69.1. The monoisotopic (exact) mass is 1380 g/mol. The fraction of sp³-hybridized carbons (Fsp3) is 0.947. The molecule has 0 aliphatic rings. The van der Waals surface area contributed by atoms with Crippen molar-refractivity contribution in [2.45, 2.75) is 412 Å². The molecule has 0 spiro atoms. The number of rotatable bonds is 75. The number of carbonyl (C=O) groups excluding carboxylic acids is 4. The second kappa shape index (κ2) is 68.2. The van der Waals surface area contributed by atoms with E-state index in [-0.39, 0.29) is 25.7 Å². The summed E-state index contributed by atoms with van der Waals surface area (Å²) in [5, 5.41) is 10.6. The number of aliphatic hydroxyl groups is 1. The van der Waals surface area contributed by atoms with Crippen LogP contribution in [0.25, 0.3) is 0 Å². The van der Waals surface area contributed by atoms with E-state index >= 15 is 0 Å². The van der Waals surface area contributed by atoms with E-state index < -0.39 is 97.5 Å². The molecule has 17 nitrogen and oxygen atoms in total. The van der Waals surface area contributed by atoms with Gasteiger partial charge in [0.25, 0.3) is 0 Å². The predicted octanol–water partition coefficient (Wildman–Crippen LogP) is 22.1. The Labute approximate surface area is 575 Å². The van der Waals surface area contributed by atoms with Crippen LogP contribution in [0.2, 0.25) is 0 Å². The number of phosphoric ester groups is 2. The average molecular weight is 1380 g/mol. The molecule has 94 heavy (non-hydrogen) atoms. The molecule has 0 aromatic rings. The fourth-order valence-corrected chi connectivity index (χ4v) is 13.1. The van der Waals surface area contributed by atoms with E-state index in [2.05, 4.69) is 34.6 Å². The summed E-state index contributed by atoms with van der Waals surface area (Å²) in [5.41, 5.74) is 0. The van der Waals surface area contributed by atoms with Gasteiger partial charge in [-0.05, 0) is 31.6 Å². The zero-order valence-electron chi connectivity index (χ0n) is 61.1. The summed E-state index contributed by atoms with van der Waals surface area (Å²) in [7, 11) is -9.89. The smallest absolute Gasteiger partial charge is 0.462 e. The van der Waals surface area contributed by atoms with Crippen molar-refractivity contribution in [2.75, 3.05) is 39.6 Å². The summed E-state index contributed by atoms with van der Waals surface area (Å²) in [5.74, 6) is -1.26. The molecule has 558 valence electrons. The summed E-state index contributed by atoms with van der Waals surface area (Å²) in [6.45, 7) is 7.26. The molecule has 0 aromatic carbocycles. The van der Waals surface area contributed by atoms with E-state index in [0.717, 1.165) is 121 Å². The summed E-state index contributed by atoms with van der Waals surface area (Å²) in [6.07, 6.45) is 57.4. The number of hydrogen-bond donors (Lipinski definition) is 3. The zero-order valence-corrected chi connectivity index (χ0v) is 62.9. The largest absolute Gasteiger partial charge is 0.472 e. The number of unbranched alkanes of at least 4 members (excludes halogenated alkanes) is 46. The van der Waals surface area contributed by atoms with Gasteiger partial charge in [0.05, 0.1) is 26.4 Å². The number of hydrogen-bond acceptors (Lipinski definition) is 15. The SMILES string of the molecule is CCCCCCCCCCCCCCCCCCCCC(=O)OC[C@H](COP(=O)(O)OC[C@@H](O)COP(=O)(O)OC[C@@H](COC(=O)CCCCCCCCC)OC(=O)CCCCCCCCC)OC(=O)CCCCCCCCCCCCCCCCCCCCC(C)CC. The Kier molecular flexibility index (Phi) is 66.8. The minimum absolute atomic E-state index is 0.104. The van der Waals surface area contributed by atoms with Gasteiger partial charge < -0.3 is 33.8 Å². The Morgan fingerprint density at radius 1 is 0.298 bits per heavy atom. The van der Waals surface area contributed by atoms with Gasteiger partial charge in [-0.1, -0.05) is 343 Å². The Morgan fingerprint density at radius 2 is 0.511 bits per heavy atom. The molecular weight excluding hydrogens is 1230 g/mol. The standard InChI is InChI=1S/C75H146O17P2/c1-6-10-13-16-19-20-21-22-23-24-28-31-34-37-40-45-49-54-59-73(78)86-65-71(92-75(80)61-56-51-46-41-38-35-32-29-26-25-27-30-33-36-39-44-47-52-57-68(5)9-4)67-90-94(83,84)88-63-69(76)62-87-93(81,82)89-66-70(91-74(79)60-55-50-43-18-15-12-8-3)64-85-72(77)58-53-48-42-17-14-11-7-2/h68-71,76H,6-67H2,1-5H3,(H,81,82)(H,83,84)/t68?,69-,70+,71+/m0/s1. The minimum Gasteiger partial charge on any atom is -0.462 e. The van der Waals surface area contributed by atoms with Crippen molar-refractivity contribution in [1.29, 1.82) is 0 Å². The van der Waals surface area contributed by atoms with Gasteiger partial charge in [-0.2, -0.15) is 0 Å². The number of carbonyl (C=O) groups is 4. The molecule has 0 radical (unpaired) electrons. The number of esters is 4. The molecule has 0 aliphatic carbocycles. The van der Waals surface area contributed by atoms with Crippen LogP contribution in [0, 0.1) is 5.92 Å². The van der Waals surface area contributed by atoms with E-state index in [1.54, 1.807) is 0 Å². The number of phosphoric acid groups is 2. The van der Waals surface area contributed by atoms with Crippen molar-refractivity contribution in [3.63, 3.8) is 0 Å². The maximum Gasteiger partial charge on any atom is 0.472 e. The van der Waals surface area contributed by atoms with Crippen LogP contribution >= 0.6 is 15.6 Å². The molecule has 0 fully saturated rings. The lowest BCUT2D eigenvalue weighted by Gasteiger charge is -2.21. The first-order valence-electron chi connectivity index (χ1n) is 39.2. The number of aliphatic hydroxyl groups excluding tert-OH is 1. The van der Waals surface area contributed by atoms with Crippen LogP contribution in [0.3, 0.4) is 0 Å². The fourth-order valence-electron chi connectivity index (χ4n) is 11.5. The van der Waals surface area contributed by atoms with Gasteiger partial charge in [0, 0.05) is 25.7 Å². The third kappa shape index (κ3) is 67.3. The van der Waals surface area contributed by atoms with Gasteiger partial charge in [0.1, 0.15) is 19.3 Å². The van der Waals surface area contributed by atoms with Crippen molar-refractivity contribution in [1.82, 2.24) is 0 Å². The third-order valence-corrected chi connectivity index (χ3v) is 19.8. The van der Waals surface area contributed by atoms with Crippen LogP contribution in [-0.2, 0) is 65.4 Å². The van der Waals surface area contributed by atoms with Crippen molar-refractivity contribution in [3.05, 3.63) is 0 Å². The summed E-state index contributed by atoms with van der Waals surface area (Å²) >= 11 is 0. The molecule has 3 unspecified atom stereocenters. The molecule has 3 N–H and O–H groups in total. The first-order chi connectivity index (χ1) is 45.6. The van der Waals surface area contributed by atoms with Crippen molar-refractivity contribution in [2.24, 2.45) is 5.92 Å². The lowest BCUT2D eigenvalue weighted by Crippen LogP contribution is -2.30. The van der Waals surface area contributed by atoms with Crippen LogP contribution in [0.1, 0.15) is 394 Å². The first kappa shape index (κ1) is 92.1. The minimum atomic E-state index is -4.95.